The molecular formula is C15H13ClN2O. The number of fused-ring (bicyclic) bond motifs is 1. The number of hydrogen-bond acceptors (Lipinski definition) is 2. The summed E-state index contributed by atoms with van der Waals surface area (Å²) in [5.41, 5.74) is 3.01. The van der Waals surface area contributed by atoms with Crippen LogP contribution in [0.4, 0.5) is 0 Å². The Labute approximate surface area is 116 Å². The minimum atomic E-state index is -0.0485. The number of nitrogens with zero attached hydrogens (tertiary/aromatic N) is 2. The van der Waals surface area contributed by atoms with Crippen molar-refractivity contribution in [3.8, 4) is 0 Å². The molecule has 1 aliphatic rings. The molecule has 1 aromatic carbocycles. The second kappa shape index (κ2) is 5.02. The van der Waals surface area contributed by atoms with E-state index in [0.717, 1.165) is 13.0 Å². The highest BCUT2D eigenvalue weighted by Gasteiger charge is 2.22. The van der Waals surface area contributed by atoms with Crippen molar-refractivity contribution < 1.29 is 4.79 Å². The molecule has 0 saturated heterocycles. The van der Waals surface area contributed by atoms with Gasteiger partial charge in [0.1, 0.15) is 0 Å². The van der Waals surface area contributed by atoms with Crippen molar-refractivity contribution in [3.63, 3.8) is 0 Å². The maximum absolute atomic E-state index is 12.4. The zero-order valence-electron chi connectivity index (χ0n) is 10.3. The summed E-state index contributed by atoms with van der Waals surface area (Å²) in [6.45, 7) is 1.36. The van der Waals surface area contributed by atoms with Crippen LogP contribution >= 0.6 is 11.6 Å². The van der Waals surface area contributed by atoms with Gasteiger partial charge in [-0.2, -0.15) is 0 Å². The summed E-state index contributed by atoms with van der Waals surface area (Å²) in [4.78, 5) is 18.2. The second-order valence-electron chi connectivity index (χ2n) is 4.60. The summed E-state index contributed by atoms with van der Waals surface area (Å²) in [5.74, 6) is -0.0485. The highest BCUT2D eigenvalue weighted by atomic mass is 35.5. The first-order valence-electron chi connectivity index (χ1n) is 6.21. The minimum Gasteiger partial charge on any atom is -0.334 e. The van der Waals surface area contributed by atoms with Crippen LogP contribution < -0.4 is 0 Å². The van der Waals surface area contributed by atoms with Crippen LogP contribution in [0.1, 0.15) is 21.5 Å². The predicted molar refractivity (Wildman–Crippen MR) is 74.1 cm³/mol. The summed E-state index contributed by atoms with van der Waals surface area (Å²) in [7, 11) is 0. The maximum Gasteiger partial charge on any atom is 0.257 e. The van der Waals surface area contributed by atoms with Crippen molar-refractivity contribution >= 4 is 17.5 Å². The SMILES string of the molecule is O=C(c1cnccc1Cl)N1CCc2ccccc2C1. The Morgan fingerprint density at radius 2 is 2.00 bits per heavy atom. The van der Waals surface area contributed by atoms with Crippen LogP contribution in [0.3, 0.4) is 0 Å². The molecule has 2 aromatic rings. The van der Waals surface area contributed by atoms with Crippen LogP contribution in [0.2, 0.25) is 5.02 Å². The summed E-state index contributed by atoms with van der Waals surface area (Å²) in [5, 5.41) is 0.457. The van der Waals surface area contributed by atoms with Gasteiger partial charge < -0.3 is 4.90 Å². The third kappa shape index (κ3) is 2.34. The normalized spacial score (nSPS) is 14.1. The Bertz CT molecular complexity index is 627. The van der Waals surface area contributed by atoms with Gasteiger partial charge in [-0.1, -0.05) is 35.9 Å². The third-order valence-electron chi connectivity index (χ3n) is 3.42. The first-order valence-corrected chi connectivity index (χ1v) is 6.59. The van der Waals surface area contributed by atoms with Crippen LogP contribution in [-0.4, -0.2) is 22.3 Å². The zero-order valence-corrected chi connectivity index (χ0v) is 11.1. The molecule has 0 saturated carbocycles. The molecule has 1 aliphatic heterocycles. The van der Waals surface area contributed by atoms with Gasteiger partial charge in [0, 0.05) is 25.5 Å². The van der Waals surface area contributed by atoms with Crippen molar-refractivity contribution in [2.24, 2.45) is 0 Å². The molecule has 0 unspecified atom stereocenters. The number of rotatable bonds is 1. The van der Waals surface area contributed by atoms with E-state index in [1.165, 1.54) is 17.3 Å². The fourth-order valence-electron chi connectivity index (χ4n) is 2.37. The number of carbonyl (C=O) groups is 1. The molecule has 0 bridgehead atoms. The Hall–Kier alpha value is -1.87. The summed E-state index contributed by atoms with van der Waals surface area (Å²) < 4.78 is 0. The number of carbonyl (C=O) groups excluding carboxylic acids is 1. The van der Waals surface area contributed by atoms with E-state index >= 15 is 0 Å². The average molecular weight is 273 g/mol. The number of hydrogen-bond donors (Lipinski definition) is 0. The molecule has 0 spiro atoms. The van der Waals surface area contributed by atoms with E-state index in [0.29, 0.717) is 17.1 Å². The second-order valence-corrected chi connectivity index (χ2v) is 5.01. The molecule has 1 aromatic heterocycles. The Morgan fingerprint density at radius 1 is 1.21 bits per heavy atom. The Balaban J connectivity index is 1.86. The van der Waals surface area contributed by atoms with Gasteiger partial charge in [0.2, 0.25) is 0 Å². The van der Waals surface area contributed by atoms with E-state index in [9.17, 15) is 4.79 Å². The van der Waals surface area contributed by atoms with Crippen molar-refractivity contribution in [3.05, 3.63) is 64.4 Å². The van der Waals surface area contributed by atoms with Gasteiger partial charge in [-0.05, 0) is 23.6 Å². The lowest BCUT2D eigenvalue weighted by molar-refractivity contribution is 0.0734. The van der Waals surface area contributed by atoms with Crippen LogP contribution in [0.15, 0.2) is 42.7 Å². The standard InChI is InChI=1S/C15H13ClN2O/c16-14-5-7-17-9-13(14)15(19)18-8-6-11-3-1-2-4-12(11)10-18/h1-5,7,9H,6,8,10H2. The molecule has 3 rings (SSSR count). The highest BCUT2D eigenvalue weighted by molar-refractivity contribution is 6.33. The number of amides is 1. The van der Waals surface area contributed by atoms with Crippen molar-refractivity contribution in [2.45, 2.75) is 13.0 Å². The molecule has 0 atom stereocenters. The maximum atomic E-state index is 12.4. The Kier molecular flexibility index (Phi) is 3.22. The number of benzene rings is 1. The summed E-state index contributed by atoms with van der Waals surface area (Å²) in [6.07, 6.45) is 4.01. The molecule has 96 valence electrons. The number of halogens is 1. The average Bonchev–Trinajstić information content (AvgIpc) is 2.46. The van der Waals surface area contributed by atoms with E-state index in [-0.39, 0.29) is 5.91 Å². The van der Waals surface area contributed by atoms with E-state index < -0.39 is 0 Å². The third-order valence-corrected chi connectivity index (χ3v) is 3.75. The molecule has 3 nitrogen and oxygen atoms in total. The van der Waals surface area contributed by atoms with Crippen LogP contribution in [0.5, 0.6) is 0 Å². The van der Waals surface area contributed by atoms with Gasteiger partial charge >= 0.3 is 0 Å². The molecular weight excluding hydrogens is 260 g/mol. The van der Waals surface area contributed by atoms with Gasteiger partial charge in [0.15, 0.2) is 0 Å². The Morgan fingerprint density at radius 3 is 2.79 bits per heavy atom. The lowest BCUT2D eigenvalue weighted by atomic mass is 9.99. The fourth-order valence-corrected chi connectivity index (χ4v) is 2.56. The first-order chi connectivity index (χ1) is 9.25. The van der Waals surface area contributed by atoms with Gasteiger partial charge in [0.25, 0.3) is 5.91 Å². The quantitative estimate of drug-likeness (QED) is 0.800. The molecule has 19 heavy (non-hydrogen) atoms. The first kappa shape index (κ1) is 12.2. The zero-order chi connectivity index (χ0) is 13.2. The van der Waals surface area contributed by atoms with Crippen molar-refractivity contribution in [1.29, 1.82) is 0 Å². The largest absolute Gasteiger partial charge is 0.334 e. The highest BCUT2D eigenvalue weighted by Crippen LogP contribution is 2.22. The molecule has 0 N–H and O–H groups in total. The number of pyridine rings is 1. The van der Waals surface area contributed by atoms with E-state index in [1.807, 2.05) is 17.0 Å². The van der Waals surface area contributed by atoms with Crippen LogP contribution in [-0.2, 0) is 13.0 Å². The van der Waals surface area contributed by atoms with Crippen molar-refractivity contribution in [1.82, 2.24) is 9.88 Å². The minimum absolute atomic E-state index is 0.0485. The molecule has 2 heterocycles. The van der Waals surface area contributed by atoms with Crippen LogP contribution in [0.25, 0.3) is 0 Å². The number of aromatic nitrogens is 1. The summed E-state index contributed by atoms with van der Waals surface area (Å²) >= 11 is 6.05. The molecule has 0 radical (unpaired) electrons. The van der Waals surface area contributed by atoms with Crippen molar-refractivity contribution in [2.75, 3.05) is 6.54 Å². The lowest BCUT2D eigenvalue weighted by Gasteiger charge is -2.29. The summed E-state index contributed by atoms with van der Waals surface area (Å²) in [6, 6.07) is 9.87. The molecule has 0 aliphatic carbocycles. The molecule has 4 heteroatoms. The lowest BCUT2D eigenvalue weighted by Crippen LogP contribution is -2.36. The predicted octanol–water partition coefficient (Wildman–Crippen LogP) is 2.93. The van der Waals surface area contributed by atoms with E-state index in [2.05, 4.69) is 17.1 Å². The van der Waals surface area contributed by atoms with E-state index in [1.54, 1.807) is 12.3 Å². The van der Waals surface area contributed by atoms with Crippen LogP contribution in [0, 0.1) is 0 Å². The molecule has 1 amide bonds. The van der Waals surface area contributed by atoms with Gasteiger partial charge in [0.05, 0.1) is 10.6 Å². The molecule has 0 fully saturated rings. The topological polar surface area (TPSA) is 33.2 Å². The van der Waals surface area contributed by atoms with Gasteiger partial charge in [-0.3, -0.25) is 9.78 Å². The van der Waals surface area contributed by atoms with Gasteiger partial charge in [-0.15, -0.1) is 0 Å². The fraction of sp³-hybridized carbons (Fsp3) is 0.200. The van der Waals surface area contributed by atoms with E-state index in [4.69, 9.17) is 11.6 Å². The smallest absolute Gasteiger partial charge is 0.257 e. The monoisotopic (exact) mass is 272 g/mol. The van der Waals surface area contributed by atoms with Gasteiger partial charge in [-0.25, -0.2) is 0 Å².